The number of nitrogens with zero attached hydrogens (tertiary/aromatic N) is 2. The number of aromatic nitrogens is 2. The van der Waals surface area contributed by atoms with Gasteiger partial charge >= 0.3 is 6.09 Å². The molecule has 1 fully saturated rings. The van der Waals surface area contributed by atoms with Gasteiger partial charge in [0.05, 0.1) is 24.3 Å². The summed E-state index contributed by atoms with van der Waals surface area (Å²) in [6.07, 6.45) is 3.82. The van der Waals surface area contributed by atoms with Crippen LogP contribution in [0.2, 0.25) is 0 Å². The molecule has 7 nitrogen and oxygen atoms in total. The Bertz CT molecular complexity index is 741. The van der Waals surface area contributed by atoms with Gasteiger partial charge in [0.1, 0.15) is 5.54 Å². The lowest BCUT2D eigenvalue weighted by molar-refractivity contribution is -0.122. The number of anilines is 1. The molecule has 23 heavy (non-hydrogen) atoms. The Morgan fingerprint density at radius 1 is 1.17 bits per heavy atom. The van der Waals surface area contributed by atoms with Gasteiger partial charge in [-0.15, -0.1) is 0 Å². The van der Waals surface area contributed by atoms with Crippen LogP contribution >= 0.6 is 0 Å². The molecule has 120 valence electrons. The molecule has 0 radical (unpaired) electrons. The van der Waals surface area contributed by atoms with Crippen LogP contribution in [0.4, 0.5) is 10.6 Å². The van der Waals surface area contributed by atoms with Gasteiger partial charge in [0.15, 0.2) is 5.82 Å². The number of ether oxygens (including phenoxy) is 1. The average Bonchev–Trinajstić information content (AvgIpc) is 3.04. The predicted octanol–water partition coefficient (Wildman–Crippen LogP) is 2.24. The standard InChI is InChI=1S/C16H18N4O3/c1-23-15(22)20-16(8-4-5-9-16)14(21)19-13-10-17-11-6-2-3-7-12(11)18-13/h2-3,6-7,10H,4-5,8-9H2,1H3,(H,20,22)(H,18,19,21). The molecule has 3 rings (SSSR count). The van der Waals surface area contributed by atoms with E-state index < -0.39 is 11.6 Å². The van der Waals surface area contributed by atoms with Gasteiger partial charge < -0.3 is 15.4 Å². The molecular formula is C16H18N4O3. The number of hydrogen-bond acceptors (Lipinski definition) is 5. The number of alkyl carbamates (subject to hydrolysis) is 1. The van der Waals surface area contributed by atoms with Crippen molar-refractivity contribution in [2.75, 3.05) is 12.4 Å². The molecule has 2 N–H and O–H groups in total. The average molecular weight is 314 g/mol. The van der Waals surface area contributed by atoms with Gasteiger partial charge in [-0.1, -0.05) is 25.0 Å². The zero-order valence-electron chi connectivity index (χ0n) is 12.8. The van der Waals surface area contributed by atoms with Crippen molar-refractivity contribution < 1.29 is 14.3 Å². The fourth-order valence-corrected chi connectivity index (χ4v) is 2.89. The lowest BCUT2D eigenvalue weighted by atomic mass is 9.96. The second-order valence-corrected chi connectivity index (χ2v) is 5.60. The number of hydrogen-bond donors (Lipinski definition) is 2. The second-order valence-electron chi connectivity index (χ2n) is 5.60. The number of nitrogens with one attached hydrogen (secondary N) is 2. The van der Waals surface area contributed by atoms with E-state index in [1.807, 2.05) is 24.3 Å². The number of carbonyl (C=O) groups is 2. The van der Waals surface area contributed by atoms with Crippen LogP contribution in [-0.2, 0) is 9.53 Å². The van der Waals surface area contributed by atoms with Gasteiger partial charge in [-0.25, -0.2) is 9.78 Å². The van der Waals surface area contributed by atoms with Gasteiger partial charge in [-0.3, -0.25) is 9.78 Å². The quantitative estimate of drug-likeness (QED) is 0.906. The van der Waals surface area contributed by atoms with E-state index >= 15 is 0 Å². The van der Waals surface area contributed by atoms with Crippen molar-refractivity contribution >= 4 is 28.9 Å². The van der Waals surface area contributed by atoms with Crippen LogP contribution in [0.1, 0.15) is 25.7 Å². The molecule has 0 saturated heterocycles. The number of carbonyl (C=O) groups excluding carboxylic acids is 2. The van der Waals surface area contributed by atoms with Crippen molar-refractivity contribution in [2.24, 2.45) is 0 Å². The Balaban J connectivity index is 1.81. The molecule has 1 heterocycles. The van der Waals surface area contributed by atoms with Crippen molar-refractivity contribution in [2.45, 2.75) is 31.2 Å². The molecule has 2 aromatic rings. The third kappa shape index (κ3) is 3.08. The number of fused-ring (bicyclic) bond motifs is 1. The maximum atomic E-state index is 12.7. The van der Waals surface area contributed by atoms with Crippen LogP contribution in [0.3, 0.4) is 0 Å². The Kier molecular flexibility index (Phi) is 4.10. The molecule has 0 aliphatic heterocycles. The molecule has 1 aromatic carbocycles. The lowest BCUT2D eigenvalue weighted by Crippen LogP contribution is -2.55. The van der Waals surface area contributed by atoms with Crippen LogP contribution in [0.25, 0.3) is 11.0 Å². The summed E-state index contributed by atoms with van der Waals surface area (Å²) in [5.41, 5.74) is 0.515. The second kappa shape index (κ2) is 6.20. The molecule has 0 unspecified atom stereocenters. The summed E-state index contributed by atoms with van der Waals surface area (Å²) in [6.45, 7) is 0. The van der Waals surface area contributed by atoms with E-state index in [0.29, 0.717) is 24.2 Å². The van der Waals surface area contributed by atoms with Crippen LogP contribution in [0, 0.1) is 0 Å². The topological polar surface area (TPSA) is 93.2 Å². The Morgan fingerprint density at radius 3 is 2.57 bits per heavy atom. The summed E-state index contributed by atoms with van der Waals surface area (Å²) in [7, 11) is 1.28. The van der Waals surface area contributed by atoms with Crippen LogP contribution in [0.5, 0.6) is 0 Å². The molecule has 0 spiro atoms. The van der Waals surface area contributed by atoms with Gasteiger partial charge in [0.2, 0.25) is 0 Å². The normalized spacial score (nSPS) is 16.0. The first-order valence-electron chi connectivity index (χ1n) is 7.52. The van der Waals surface area contributed by atoms with Crippen molar-refractivity contribution in [3.8, 4) is 0 Å². The van der Waals surface area contributed by atoms with E-state index in [2.05, 4.69) is 25.3 Å². The highest BCUT2D eigenvalue weighted by molar-refractivity contribution is 6.00. The number of para-hydroxylation sites is 2. The third-order valence-corrected chi connectivity index (χ3v) is 4.11. The molecule has 0 atom stereocenters. The third-order valence-electron chi connectivity index (χ3n) is 4.11. The van der Waals surface area contributed by atoms with E-state index in [4.69, 9.17) is 0 Å². The SMILES string of the molecule is COC(=O)NC1(C(=O)Nc2cnc3ccccc3n2)CCCC1. The molecule has 7 heteroatoms. The van der Waals surface area contributed by atoms with Crippen molar-refractivity contribution in [1.29, 1.82) is 0 Å². The van der Waals surface area contributed by atoms with E-state index in [1.165, 1.54) is 13.3 Å². The van der Waals surface area contributed by atoms with Crippen LogP contribution in [0.15, 0.2) is 30.5 Å². The fraction of sp³-hybridized carbons (Fsp3) is 0.375. The number of rotatable bonds is 3. The summed E-state index contributed by atoms with van der Waals surface area (Å²) >= 11 is 0. The van der Waals surface area contributed by atoms with Gasteiger partial charge in [-0.2, -0.15) is 0 Å². The molecule has 1 aromatic heterocycles. The zero-order chi connectivity index (χ0) is 16.3. The van der Waals surface area contributed by atoms with Crippen molar-refractivity contribution in [1.82, 2.24) is 15.3 Å². The largest absolute Gasteiger partial charge is 0.453 e. The summed E-state index contributed by atoms with van der Waals surface area (Å²) < 4.78 is 4.64. The first kappa shape index (κ1) is 15.2. The van der Waals surface area contributed by atoms with Gasteiger partial charge in [0, 0.05) is 0 Å². The van der Waals surface area contributed by atoms with E-state index in [-0.39, 0.29) is 5.91 Å². The number of methoxy groups -OCH3 is 1. The first-order chi connectivity index (χ1) is 11.1. The first-order valence-corrected chi connectivity index (χ1v) is 7.52. The summed E-state index contributed by atoms with van der Waals surface area (Å²) in [6, 6.07) is 7.42. The number of benzene rings is 1. The van der Waals surface area contributed by atoms with E-state index in [1.54, 1.807) is 0 Å². The summed E-state index contributed by atoms with van der Waals surface area (Å²) in [5, 5.41) is 5.44. The zero-order valence-corrected chi connectivity index (χ0v) is 12.8. The van der Waals surface area contributed by atoms with Gasteiger partial charge in [0.25, 0.3) is 5.91 Å². The highest BCUT2D eigenvalue weighted by Gasteiger charge is 2.43. The maximum Gasteiger partial charge on any atom is 0.407 e. The Hall–Kier alpha value is -2.70. The van der Waals surface area contributed by atoms with Crippen molar-refractivity contribution in [3.63, 3.8) is 0 Å². The summed E-state index contributed by atoms with van der Waals surface area (Å²) in [4.78, 5) is 32.9. The predicted molar refractivity (Wildman–Crippen MR) is 84.9 cm³/mol. The maximum absolute atomic E-state index is 12.7. The molecule has 1 aliphatic rings. The smallest absolute Gasteiger partial charge is 0.407 e. The molecule has 0 bridgehead atoms. The Labute approximate surface area is 133 Å². The minimum absolute atomic E-state index is 0.287. The number of amides is 2. The molecule has 1 aliphatic carbocycles. The fourth-order valence-electron chi connectivity index (χ4n) is 2.89. The van der Waals surface area contributed by atoms with Crippen LogP contribution in [-0.4, -0.2) is 34.6 Å². The lowest BCUT2D eigenvalue weighted by Gasteiger charge is -2.27. The molecule has 1 saturated carbocycles. The van der Waals surface area contributed by atoms with Gasteiger partial charge in [-0.05, 0) is 25.0 Å². The highest BCUT2D eigenvalue weighted by Crippen LogP contribution is 2.31. The monoisotopic (exact) mass is 314 g/mol. The summed E-state index contributed by atoms with van der Waals surface area (Å²) in [5.74, 6) is 0.0802. The Morgan fingerprint density at radius 2 is 1.87 bits per heavy atom. The molecule has 2 amide bonds. The minimum atomic E-state index is -0.944. The van der Waals surface area contributed by atoms with E-state index in [0.717, 1.165) is 18.4 Å². The van der Waals surface area contributed by atoms with Crippen LogP contribution < -0.4 is 10.6 Å². The van der Waals surface area contributed by atoms with E-state index in [9.17, 15) is 9.59 Å². The minimum Gasteiger partial charge on any atom is -0.453 e. The van der Waals surface area contributed by atoms with Crippen molar-refractivity contribution in [3.05, 3.63) is 30.5 Å². The highest BCUT2D eigenvalue weighted by atomic mass is 16.5. The molecular weight excluding hydrogens is 296 g/mol.